The lowest BCUT2D eigenvalue weighted by molar-refractivity contribution is -0.123. The number of aromatic nitrogens is 2. The van der Waals surface area contributed by atoms with E-state index in [-0.39, 0.29) is 17.7 Å². The zero-order valence-corrected chi connectivity index (χ0v) is 12.4. The number of carbonyl (C=O) groups is 1. The van der Waals surface area contributed by atoms with Crippen molar-refractivity contribution in [3.05, 3.63) is 16.4 Å². The molecule has 106 valence electrons. The lowest BCUT2D eigenvalue weighted by atomic mass is 9.81. The largest absolute Gasteiger partial charge is 0.327 e. The average Bonchev–Trinajstić information content (AvgIpc) is 2.67. The van der Waals surface area contributed by atoms with Crippen molar-refractivity contribution >= 4 is 17.4 Å². The molecule has 2 rings (SSSR count). The summed E-state index contributed by atoms with van der Waals surface area (Å²) >= 11 is 6.25. The van der Waals surface area contributed by atoms with Gasteiger partial charge in [-0.2, -0.15) is 5.10 Å². The number of halogens is 1. The molecule has 1 aliphatic rings. The van der Waals surface area contributed by atoms with E-state index in [1.807, 2.05) is 18.5 Å². The van der Waals surface area contributed by atoms with Gasteiger partial charge in [0.05, 0.1) is 22.8 Å². The summed E-state index contributed by atoms with van der Waals surface area (Å²) in [6.45, 7) is 4.60. The first-order valence-electron chi connectivity index (χ1n) is 7.04. The van der Waals surface area contributed by atoms with E-state index in [1.165, 1.54) is 0 Å². The fourth-order valence-electron chi connectivity index (χ4n) is 2.89. The fourth-order valence-corrected chi connectivity index (χ4v) is 3.10. The number of rotatable bonds is 4. The minimum absolute atomic E-state index is 0.00895. The minimum atomic E-state index is -0.00895. The molecule has 19 heavy (non-hydrogen) atoms. The summed E-state index contributed by atoms with van der Waals surface area (Å²) in [4.78, 5) is 12.4. The number of Topliss-reactive ketones (excluding diaryl/α,β-unsaturated/α-hetero) is 1. The van der Waals surface area contributed by atoms with Gasteiger partial charge in [-0.3, -0.25) is 9.48 Å². The monoisotopic (exact) mass is 283 g/mol. The number of nitrogens with two attached hydrogens (primary N) is 1. The fraction of sp³-hybridized carbons (Fsp3) is 0.714. The first kappa shape index (κ1) is 14.5. The van der Waals surface area contributed by atoms with Gasteiger partial charge >= 0.3 is 0 Å². The van der Waals surface area contributed by atoms with Crippen LogP contribution in [0, 0.1) is 12.8 Å². The molecule has 4 nitrogen and oxygen atoms in total. The minimum Gasteiger partial charge on any atom is -0.327 e. The highest BCUT2D eigenvalue weighted by Gasteiger charge is 2.29. The van der Waals surface area contributed by atoms with Gasteiger partial charge < -0.3 is 5.73 Å². The lowest BCUT2D eigenvalue weighted by Gasteiger charge is -2.27. The normalized spacial score (nSPS) is 23.6. The third kappa shape index (κ3) is 3.00. The summed E-state index contributed by atoms with van der Waals surface area (Å²) in [5, 5.41) is 4.97. The predicted molar refractivity (Wildman–Crippen MR) is 76.3 cm³/mol. The quantitative estimate of drug-likeness (QED) is 0.923. The van der Waals surface area contributed by atoms with Gasteiger partial charge in [0.2, 0.25) is 0 Å². The maximum atomic E-state index is 12.4. The highest BCUT2D eigenvalue weighted by atomic mass is 35.5. The van der Waals surface area contributed by atoms with Crippen LogP contribution < -0.4 is 5.73 Å². The molecule has 1 aromatic rings. The Morgan fingerprint density at radius 1 is 1.47 bits per heavy atom. The van der Waals surface area contributed by atoms with Crippen LogP contribution in [-0.4, -0.2) is 21.6 Å². The van der Waals surface area contributed by atoms with Crippen molar-refractivity contribution < 1.29 is 4.79 Å². The second-order valence-corrected chi connectivity index (χ2v) is 5.74. The highest BCUT2D eigenvalue weighted by molar-refractivity contribution is 6.32. The number of ketones is 1. The van der Waals surface area contributed by atoms with Crippen LogP contribution >= 0.6 is 11.6 Å². The van der Waals surface area contributed by atoms with Crippen molar-refractivity contribution in [3.63, 3.8) is 0 Å². The standard InChI is InChI=1S/C14H22ClN3O/c1-3-18-12(14(15)9(2)17-18)8-13(19)10-6-4-5-7-11(10)16/h10-11H,3-8,16H2,1-2H3. The Hall–Kier alpha value is -0.870. The van der Waals surface area contributed by atoms with Gasteiger partial charge in [-0.25, -0.2) is 0 Å². The number of nitrogens with zero attached hydrogens (tertiary/aromatic N) is 2. The summed E-state index contributed by atoms with van der Waals surface area (Å²) < 4.78 is 1.82. The lowest BCUT2D eigenvalue weighted by Crippen LogP contribution is -2.39. The topological polar surface area (TPSA) is 60.9 Å². The molecule has 2 N–H and O–H groups in total. The van der Waals surface area contributed by atoms with Crippen molar-refractivity contribution in [1.29, 1.82) is 0 Å². The molecule has 1 aliphatic carbocycles. The molecule has 0 aliphatic heterocycles. The molecular weight excluding hydrogens is 262 g/mol. The first-order chi connectivity index (χ1) is 9.04. The maximum absolute atomic E-state index is 12.4. The van der Waals surface area contributed by atoms with E-state index < -0.39 is 0 Å². The van der Waals surface area contributed by atoms with Crippen molar-refractivity contribution in [2.24, 2.45) is 11.7 Å². The van der Waals surface area contributed by atoms with E-state index in [0.717, 1.165) is 43.6 Å². The van der Waals surface area contributed by atoms with E-state index in [1.54, 1.807) is 0 Å². The van der Waals surface area contributed by atoms with Crippen LogP contribution in [0.1, 0.15) is 44.0 Å². The molecule has 0 radical (unpaired) electrons. The van der Waals surface area contributed by atoms with Crippen molar-refractivity contribution in [2.75, 3.05) is 0 Å². The molecule has 1 aromatic heterocycles. The molecule has 0 bridgehead atoms. The average molecular weight is 284 g/mol. The predicted octanol–water partition coefficient (Wildman–Crippen LogP) is 2.49. The molecule has 1 heterocycles. The van der Waals surface area contributed by atoms with Crippen LogP contribution in [0.15, 0.2) is 0 Å². The van der Waals surface area contributed by atoms with Gasteiger partial charge in [0.15, 0.2) is 0 Å². The van der Waals surface area contributed by atoms with Crippen LogP contribution in [0.3, 0.4) is 0 Å². The van der Waals surface area contributed by atoms with Gasteiger partial charge in [-0.1, -0.05) is 24.4 Å². The van der Waals surface area contributed by atoms with Crippen molar-refractivity contribution in [3.8, 4) is 0 Å². The van der Waals surface area contributed by atoms with Gasteiger partial charge in [0.25, 0.3) is 0 Å². The Kier molecular flexibility index (Phi) is 4.63. The van der Waals surface area contributed by atoms with Crippen LogP contribution in [0.5, 0.6) is 0 Å². The zero-order chi connectivity index (χ0) is 14.0. The van der Waals surface area contributed by atoms with Gasteiger partial charge in [0.1, 0.15) is 5.78 Å². The summed E-state index contributed by atoms with van der Waals surface area (Å²) in [5.41, 5.74) is 7.70. The molecule has 0 amide bonds. The van der Waals surface area contributed by atoms with E-state index in [4.69, 9.17) is 17.3 Å². The van der Waals surface area contributed by atoms with Crippen LogP contribution in [0.2, 0.25) is 5.02 Å². The molecule has 0 aromatic carbocycles. The molecule has 1 saturated carbocycles. The summed E-state index contributed by atoms with van der Waals surface area (Å²) in [6.07, 6.45) is 4.46. The Morgan fingerprint density at radius 2 is 2.16 bits per heavy atom. The van der Waals surface area contributed by atoms with Gasteiger partial charge in [-0.15, -0.1) is 0 Å². The second-order valence-electron chi connectivity index (χ2n) is 5.36. The number of hydrogen-bond acceptors (Lipinski definition) is 3. The summed E-state index contributed by atoms with van der Waals surface area (Å²) in [5.74, 6) is 0.203. The van der Waals surface area contributed by atoms with Gasteiger partial charge in [0, 0.05) is 18.5 Å². The second kappa shape index (κ2) is 6.06. The molecule has 2 unspecified atom stereocenters. The Morgan fingerprint density at radius 3 is 2.79 bits per heavy atom. The maximum Gasteiger partial charge on any atom is 0.143 e. The molecule has 5 heteroatoms. The first-order valence-corrected chi connectivity index (χ1v) is 7.42. The molecular formula is C14H22ClN3O. The van der Waals surface area contributed by atoms with Gasteiger partial charge in [-0.05, 0) is 26.7 Å². The Bertz CT molecular complexity index is 470. The summed E-state index contributed by atoms with van der Waals surface area (Å²) in [6, 6.07) is 0.0131. The van der Waals surface area contributed by atoms with E-state index >= 15 is 0 Å². The number of carbonyl (C=O) groups excluding carboxylic acids is 1. The van der Waals surface area contributed by atoms with Crippen molar-refractivity contribution in [1.82, 2.24) is 9.78 Å². The van der Waals surface area contributed by atoms with E-state index in [2.05, 4.69) is 5.10 Å². The van der Waals surface area contributed by atoms with Crippen LogP contribution in [0.4, 0.5) is 0 Å². The smallest absolute Gasteiger partial charge is 0.143 e. The SMILES string of the molecule is CCn1nc(C)c(Cl)c1CC(=O)C1CCCCC1N. The zero-order valence-electron chi connectivity index (χ0n) is 11.7. The summed E-state index contributed by atoms with van der Waals surface area (Å²) in [7, 11) is 0. The molecule has 0 saturated heterocycles. The molecule has 0 spiro atoms. The van der Waals surface area contributed by atoms with Crippen LogP contribution in [-0.2, 0) is 17.8 Å². The van der Waals surface area contributed by atoms with Crippen LogP contribution in [0.25, 0.3) is 0 Å². The highest BCUT2D eigenvalue weighted by Crippen LogP contribution is 2.27. The third-order valence-electron chi connectivity index (χ3n) is 4.03. The number of aryl methyl sites for hydroxylation is 2. The van der Waals surface area contributed by atoms with E-state index in [0.29, 0.717) is 11.4 Å². The van der Waals surface area contributed by atoms with Crippen molar-refractivity contribution in [2.45, 2.75) is 58.5 Å². The Balaban J connectivity index is 2.14. The third-order valence-corrected chi connectivity index (χ3v) is 4.52. The van der Waals surface area contributed by atoms with E-state index in [9.17, 15) is 4.79 Å². The number of hydrogen-bond donors (Lipinski definition) is 1. The molecule has 1 fully saturated rings. The molecule has 2 atom stereocenters. The Labute approximate surface area is 119 Å².